The molecular formula is C20H26N2O3. The largest absolute Gasteiger partial charge is 0.372 e. The van der Waals surface area contributed by atoms with E-state index in [0.717, 1.165) is 57.0 Å². The lowest BCUT2D eigenvalue weighted by molar-refractivity contribution is -0.159. The average Bonchev–Trinajstić information content (AvgIpc) is 3.26. The van der Waals surface area contributed by atoms with Crippen molar-refractivity contribution in [2.45, 2.75) is 51.0 Å². The summed E-state index contributed by atoms with van der Waals surface area (Å²) in [7, 11) is 0. The second-order valence-electron chi connectivity index (χ2n) is 7.22. The lowest BCUT2D eigenvalue weighted by Gasteiger charge is -2.44. The summed E-state index contributed by atoms with van der Waals surface area (Å²) in [6, 6.07) is 12.4. The van der Waals surface area contributed by atoms with Gasteiger partial charge in [0.25, 0.3) is 0 Å². The number of aromatic nitrogens is 1. The van der Waals surface area contributed by atoms with E-state index in [9.17, 15) is 0 Å². The number of hydrogen-bond donors (Lipinski definition) is 0. The van der Waals surface area contributed by atoms with Gasteiger partial charge in [-0.1, -0.05) is 35.5 Å². The minimum atomic E-state index is -0.106. The number of ether oxygens (including phenoxy) is 2. The molecule has 2 aliphatic rings. The first-order chi connectivity index (χ1) is 12.2. The first kappa shape index (κ1) is 16.8. The maximum absolute atomic E-state index is 6.37. The van der Waals surface area contributed by atoms with Crippen LogP contribution in [0, 0.1) is 6.92 Å². The minimum absolute atomic E-state index is 0.0944. The number of likely N-dealkylation sites (tertiary alicyclic amines) is 1. The molecule has 2 aliphatic heterocycles. The molecule has 1 aromatic carbocycles. The van der Waals surface area contributed by atoms with Crippen molar-refractivity contribution in [3.63, 3.8) is 0 Å². The SMILES string of the molecule is Cc1cc(CN2CC[C@@]3(CCCO3)[C@@H](OCc3ccccc3)C2)no1. The van der Waals surface area contributed by atoms with Gasteiger partial charge in [-0.05, 0) is 31.7 Å². The van der Waals surface area contributed by atoms with Crippen molar-refractivity contribution in [1.82, 2.24) is 10.1 Å². The zero-order chi connectivity index (χ0) is 17.1. The van der Waals surface area contributed by atoms with Crippen LogP contribution in [0.4, 0.5) is 0 Å². The van der Waals surface area contributed by atoms with E-state index in [1.54, 1.807) is 0 Å². The van der Waals surface area contributed by atoms with Gasteiger partial charge in [0.1, 0.15) is 5.76 Å². The van der Waals surface area contributed by atoms with E-state index in [1.165, 1.54) is 5.56 Å². The third-order valence-corrected chi connectivity index (χ3v) is 5.35. The van der Waals surface area contributed by atoms with Crippen LogP contribution >= 0.6 is 0 Å². The molecule has 2 atom stereocenters. The Balaban J connectivity index is 1.43. The first-order valence-corrected chi connectivity index (χ1v) is 9.18. The van der Waals surface area contributed by atoms with Gasteiger partial charge in [-0.3, -0.25) is 4.90 Å². The van der Waals surface area contributed by atoms with Crippen molar-refractivity contribution < 1.29 is 14.0 Å². The molecule has 4 rings (SSSR count). The predicted molar refractivity (Wildman–Crippen MR) is 94.1 cm³/mol. The molecule has 1 aromatic heterocycles. The van der Waals surface area contributed by atoms with E-state index < -0.39 is 0 Å². The molecule has 2 aromatic rings. The van der Waals surface area contributed by atoms with Crippen LogP contribution in [0.1, 0.15) is 36.3 Å². The van der Waals surface area contributed by atoms with Crippen LogP contribution in [0.3, 0.4) is 0 Å². The van der Waals surface area contributed by atoms with Crippen molar-refractivity contribution in [2.75, 3.05) is 19.7 Å². The molecule has 0 N–H and O–H groups in total. The van der Waals surface area contributed by atoms with Gasteiger partial charge in [-0.15, -0.1) is 0 Å². The summed E-state index contributed by atoms with van der Waals surface area (Å²) in [6.45, 7) is 6.11. The van der Waals surface area contributed by atoms with E-state index in [-0.39, 0.29) is 11.7 Å². The fourth-order valence-electron chi connectivity index (χ4n) is 4.01. The van der Waals surface area contributed by atoms with Gasteiger partial charge in [-0.25, -0.2) is 0 Å². The Morgan fingerprint density at radius 2 is 2.16 bits per heavy atom. The van der Waals surface area contributed by atoms with Crippen LogP contribution in [-0.2, 0) is 22.6 Å². The Morgan fingerprint density at radius 1 is 1.28 bits per heavy atom. The molecule has 134 valence electrons. The van der Waals surface area contributed by atoms with Crippen LogP contribution in [0.25, 0.3) is 0 Å². The minimum Gasteiger partial charge on any atom is -0.372 e. The highest BCUT2D eigenvalue weighted by Gasteiger charge is 2.47. The molecule has 3 heterocycles. The highest BCUT2D eigenvalue weighted by atomic mass is 16.6. The van der Waals surface area contributed by atoms with Crippen LogP contribution in [0.15, 0.2) is 40.9 Å². The van der Waals surface area contributed by atoms with E-state index in [0.29, 0.717) is 6.61 Å². The highest BCUT2D eigenvalue weighted by Crippen LogP contribution is 2.38. The Kier molecular flexibility index (Phi) is 4.88. The van der Waals surface area contributed by atoms with Gasteiger partial charge in [0.2, 0.25) is 0 Å². The Bertz CT molecular complexity index is 679. The number of piperidine rings is 1. The molecule has 0 saturated carbocycles. The van der Waals surface area contributed by atoms with Crippen molar-refractivity contribution in [1.29, 1.82) is 0 Å². The van der Waals surface area contributed by atoms with E-state index >= 15 is 0 Å². The van der Waals surface area contributed by atoms with E-state index in [2.05, 4.69) is 34.3 Å². The van der Waals surface area contributed by atoms with E-state index in [4.69, 9.17) is 14.0 Å². The molecule has 0 amide bonds. The summed E-state index contributed by atoms with van der Waals surface area (Å²) >= 11 is 0. The van der Waals surface area contributed by atoms with E-state index in [1.807, 2.05) is 19.1 Å². The van der Waals surface area contributed by atoms with Crippen LogP contribution in [0.5, 0.6) is 0 Å². The summed E-state index contributed by atoms with van der Waals surface area (Å²) in [6.07, 6.45) is 3.34. The number of rotatable bonds is 5. The quantitative estimate of drug-likeness (QED) is 0.834. The second kappa shape index (κ2) is 7.28. The van der Waals surface area contributed by atoms with Crippen molar-refractivity contribution in [2.24, 2.45) is 0 Å². The molecular weight excluding hydrogens is 316 g/mol. The van der Waals surface area contributed by atoms with Crippen molar-refractivity contribution in [3.8, 4) is 0 Å². The summed E-state index contributed by atoms with van der Waals surface area (Å²) < 4.78 is 17.8. The molecule has 2 saturated heterocycles. The molecule has 0 unspecified atom stereocenters. The fraction of sp³-hybridized carbons (Fsp3) is 0.550. The van der Waals surface area contributed by atoms with Crippen molar-refractivity contribution in [3.05, 3.63) is 53.4 Å². The summed E-state index contributed by atoms with van der Waals surface area (Å²) in [5.41, 5.74) is 2.09. The smallest absolute Gasteiger partial charge is 0.133 e. The lowest BCUT2D eigenvalue weighted by Crippen LogP contribution is -2.56. The van der Waals surface area contributed by atoms with Crippen LogP contribution in [-0.4, -0.2) is 41.5 Å². The Hall–Kier alpha value is -1.69. The molecule has 5 nitrogen and oxygen atoms in total. The number of hydrogen-bond acceptors (Lipinski definition) is 5. The summed E-state index contributed by atoms with van der Waals surface area (Å²) in [5, 5.41) is 4.13. The number of aryl methyl sites for hydroxylation is 1. The zero-order valence-electron chi connectivity index (χ0n) is 14.8. The number of nitrogens with zero attached hydrogens (tertiary/aromatic N) is 2. The Morgan fingerprint density at radius 3 is 2.88 bits per heavy atom. The van der Waals surface area contributed by atoms with Gasteiger partial charge in [-0.2, -0.15) is 0 Å². The lowest BCUT2D eigenvalue weighted by atomic mass is 9.85. The molecule has 1 spiro atoms. The van der Waals surface area contributed by atoms with Gasteiger partial charge in [0.15, 0.2) is 0 Å². The maximum Gasteiger partial charge on any atom is 0.133 e. The summed E-state index contributed by atoms with van der Waals surface area (Å²) in [4.78, 5) is 2.40. The average molecular weight is 342 g/mol. The molecule has 2 fully saturated rings. The zero-order valence-corrected chi connectivity index (χ0v) is 14.8. The normalized spacial score (nSPS) is 27.2. The number of benzene rings is 1. The fourth-order valence-corrected chi connectivity index (χ4v) is 4.01. The van der Waals surface area contributed by atoms with Gasteiger partial charge < -0.3 is 14.0 Å². The third-order valence-electron chi connectivity index (χ3n) is 5.35. The van der Waals surface area contributed by atoms with Gasteiger partial charge in [0, 0.05) is 32.3 Å². The molecule has 0 radical (unpaired) electrons. The van der Waals surface area contributed by atoms with Gasteiger partial charge >= 0.3 is 0 Å². The molecule has 25 heavy (non-hydrogen) atoms. The van der Waals surface area contributed by atoms with Crippen LogP contribution in [0.2, 0.25) is 0 Å². The molecule has 0 bridgehead atoms. The molecule has 5 heteroatoms. The topological polar surface area (TPSA) is 47.7 Å². The van der Waals surface area contributed by atoms with Crippen molar-refractivity contribution >= 4 is 0 Å². The maximum atomic E-state index is 6.37. The monoisotopic (exact) mass is 342 g/mol. The predicted octanol–water partition coefficient (Wildman–Crippen LogP) is 3.32. The standard InChI is InChI=1S/C20H26N2O3/c1-16-12-18(21-25-16)13-22-10-9-20(8-5-11-24-20)19(14-22)23-15-17-6-3-2-4-7-17/h2-4,6-7,12,19H,5,8-11,13-15H2,1H3/t19-,20-/m0/s1. The molecule has 0 aliphatic carbocycles. The van der Waals surface area contributed by atoms with Gasteiger partial charge in [0.05, 0.1) is 24.0 Å². The summed E-state index contributed by atoms with van der Waals surface area (Å²) in [5.74, 6) is 0.861. The second-order valence-corrected chi connectivity index (χ2v) is 7.22. The highest BCUT2D eigenvalue weighted by molar-refractivity contribution is 5.14. The first-order valence-electron chi connectivity index (χ1n) is 9.18. The van der Waals surface area contributed by atoms with Crippen LogP contribution < -0.4 is 0 Å². The Labute approximate surface area is 148 Å². The third kappa shape index (κ3) is 3.78.